The number of benzene rings is 2. The molecule has 0 fully saturated rings. The molecule has 1 amide bonds. The maximum atomic E-state index is 15.1. The molecule has 0 unspecified atom stereocenters. The zero-order valence-electron chi connectivity index (χ0n) is 18.4. The highest BCUT2D eigenvalue weighted by atomic mass is 19.4. The monoisotopic (exact) mass is 511 g/mol. The van der Waals surface area contributed by atoms with Crippen molar-refractivity contribution in [3.05, 3.63) is 90.1 Å². The third-order valence-corrected chi connectivity index (χ3v) is 5.30. The molecule has 5 aromatic rings. The number of carbonyl (C=O) groups excluding carboxylic acids is 1. The second-order valence-corrected chi connectivity index (χ2v) is 7.66. The average molecular weight is 511 g/mol. The Morgan fingerprint density at radius 1 is 0.919 bits per heavy atom. The Morgan fingerprint density at radius 2 is 1.73 bits per heavy atom. The van der Waals surface area contributed by atoms with Crippen LogP contribution >= 0.6 is 0 Å². The van der Waals surface area contributed by atoms with Crippen molar-refractivity contribution in [3.63, 3.8) is 0 Å². The number of hydrogen-bond acceptors (Lipinski definition) is 6. The first-order chi connectivity index (χ1) is 17.7. The number of halogens is 5. The van der Waals surface area contributed by atoms with E-state index in [1.54, 1.807) is 12.1 Å². The molecule has 0 aliphatic carbocycles. The molecule has 0 saturated heterocycles. The number of hydrogen-bond donors (Lipinski definition) is 3. The largest absolute Gasteiger partial charge is 0.419 e. The SMILES string of the molecule is O=C(Nc1ccccc1F)c1cc(Nc2ncccc2-c2ncnc3[nH]cnc23)c(F)c(C(F)(F)F)c1. The van der Waals surface area contributed by atoms with E-state index >= 15 is 4.39 Å². The van der Waals surface area contributed by atoms with Crippen LogP contribution < -0.4 is 10.6 Å². The number of carbonyl (C=O) groups is 1. The Kier molecular flexibility index (Phi) is 5.95. The minimum atomic E-state index is -5.13. The van der Waals surface area contributed by atoms with Gasteiger partial charge in [0.15, 0.2) is 11.5 Å². The number of aromatic nitrogens is 5. The van der Waals surface area contributed by atoms with Crippen molar-refractivity contribution in [3.8, 4) is 11.3 Å². The fourth-order valence-electron chi connectivity index (χ4n) is 3.60. The van der Waals surface area contributed by atoms with Crippen LogP contribution in [0, 0.1) is 11.6 Å². The summed E-state index contributed by atoms with van der Waals surface area (Å²) in [4.78, 5) is 32.0. The predicted molar refractivity (Wildman–Crippen MR) is 124 cm³/mol. The second kappa shape index (κ2) is 9.26. The molecular weight excluding hydrogens is 497 g/mol. The minimum absolute atomic E-state index is 0.0517. The van der Waals surface area contributed by atoms with Crippen LogP contribution in [0.3, 0.4) is 0 Å². The number of alkyl halides is 3. The van der Waals surface area contributed by atoms with Gasteiger partial charge in [0.05, 0.1) is 23.3 Å². The van der Waals surface area contributed by atoms with Gasteiger partial charge in [0, 0.05) is 17.3 Å². The molecule has 5 rings (SSSR count). The van der Waals surface area contributed by atoms with Crippen LogP contribution in [-0.4, -0.2) is 30.8 Å². The maximum Gasteiger partial charge on any atom is 0.419 e. The molecule has 0 atom stereocenters. The summed E-state index contributed by atoms with van der Waals surface area (Å²) in [5, 5.41) is 4.73. The zero-order valence-corrected chi connectivity index (χ0v) is 18.4. The van der Waals surface area contributed by atoms with Crippen LogP contribution in [0.4, 0.5) is 39.1 Å². The smallest absolute Gasteiger partial charge is 0.337 e. The van der Waals surface area contributed by atoms with E-state index < -0.39 is 40.5 Å². The molecule has 8 nitrogen and oxygen atoms in total. The van der Waals surface area contributed by atoms with Gasteiger partial charge in [0.2, 0.25) is 0 Å². The highest BCUT2D eigenvalue weighted by Gasteiger charge is 2.36. The van der Waals surface area contributed by atoms with Crippen LogP contribution in [-0.2, 0) is 6.18 Å². The minimum Gasteiger partial charge on any atom is -0.337 e. The summed E-state index contributed by atoms with van der Waals surface area (Å²) in [6.07, 6.45) is -1.15. The zero-order chi connectivity index (χ0) is 26.2. The van der Waals surface area contributed by atoms with Gasteiger partial charge >= 0.3 is 6.18 Å². The van der Waals surface area contributed by atoms with Crippen molar-refractivity contribution in [1.29, 1.82) is 0 Å². The van der Waals surface area contributed by atoms with Crippen molar-refractivity contribution >= 4 is 34.3 Å². The lowest BCUT2D eigenvalue weighted by Crippen LogP contribution is -2.17. The third kappa shape index (κ3) is 4.66. The number of fused-ring (bicyclic) bond motifs is 1. The number of pyridine rings is 1. The van der Waals surface area contributed by atoms with E-state index in [2.05, 4.69) is 35.6 Å². The van der Waals surface area contributed by atoms with Gasteiger partial charge in [0.25, 0.3) is 5.91 Å². The topological polar surface area (TPSA) is 108 Å². The Balaban J connectivity index is 1.59. The predicted octanol–water partition coefficient (Wildman–Crippen LogP) is 5.71. The number of amides is 1. The van der Waals surface area contributed by atoms with Crippen LogP contribution in [0.1, 0.15) is 15.9 Å². The van der Waals surface area contributed by atoms with Crippen LogP contribution in [0.5, 0.6) is 0 Å². The maximum absolute atomic E-state index is 15.1. The fourth-order valence-corrected chi connectivity index (χ4v) is 3.60. The number of rotatable bonds is 5. The second-order valence-electron chi connectivity index (χ2n) is 7.66. The van der Waals surface area contributed by atoms with Crippen molar-refractivity contribution in [2.45, 2.75) is 6.18 Å². The van der Waals surface area contributed by atoms with Gasteiger partial charge in [-0.3, -0.25) is 4.79 Å². The van der Waals surface area contributed by atoms with Gasteiger partial charge in [-0.1, -0.05) is 12.1 Å². The number of imidazole rings is 1. The molecule has 3 heterocycles. The molecule has 37 heavy (non-hydrogen) atoms. The molecule has 13 heteroatoms. The first kappa shape index (κ1) is 23.8. The van der Waals surface area contributed by atoms with Gasteiger partial charge in [-0.2, -0.15) is 13.2 Å². The number of para-hydroxylation sites is 1. The summed E-state index contributed by atoms with van der Waals surface area (Å²) < 4.78 is 70.1. The average Bonchev–Trinajstić information content (AvgIpc) is 3.35. The molecule has 0 saturated carbocycles. The number of aromatic amines is 1. The standard InChI is InChI=1S/C24H14F5N7O/c25-15-5-1-2-6-16(15)36-23(37)12-8-14(24(27,28)29)18(26)17(9-12)35-21-13(4-3-7-30-21)19-20-22(33-10-31-19)34-11-32-20/h1-11H,(H,30,35)(H,36,37)(H,31,32,33,34). The molecule has 3 aromatic heterocycles. The number of anilines is 3. The van der Waals surface area contributed by atoms with E-state index in [0.717, 1.165) is 12.1 Å². The summed E-state index contributed by atoms with van der Waals surface area (Å²) in [5.41, 5.74) is -1.85. The fraction of sp³-hybridized carbons (Fsp3) is 0.0417. The van der Waals surface area contributed by atoms with Gasteiger partial charge in [0.1, 0.15) is 29.2 Å². The molecule has 0 aliphatic heterocycles. The molecule has 2 aromatic carbocycles. The summed E-state index contributed by atoms with van der Waals surface area (Å²) >= 11 is 0. The summed E-state index contributed by atoms with van der Waals surface area (Å²) in [6.45, 7) is 0. The molecule has 186 valence electrons. The summed E-state index contributed by atoms with van der Waals surface area (Å²) in [7, 11) is 0. The van der Waals surface area contributed by atoms with Crippen LogP contribution in [0.15, 0.2) is 67.4 Å². The van der Waals surface area contributed by atoms with Gasteiger partial charge in [-0.25, -0.2) is 28.7 Å². The van der Waals surface area contributed by atoms with E-state index in [9.17, 15) is 22.4 Å². The highest BCUT2D eigenvalue weighted by Crippen LogP contribution is 2.37. The lowest BCUT2D eigenvalue weighted by atomic mass is 10.1. The number of nitrogens with zero attached hydrogens (tertiary/aromatic N) is 4. The van der Waals surface area contributed by atoms with Gasteiger partial charge in [-0.05, 0) is 36.4 Å². The Labute approximate surface area is 204 Å². The van der Waals surface area contributed by atoms with Gasteiger partial charge < -0.3 is 15.6 Å². The number of nitrogens with one attached hydrogen (secondary N) is 3. The molecule has 0 spiro atoms. The van der Waals surface area contributed by atoms with E-state index in [1.807, 2.05) is 0 Å². The van der Waals surface area contributed by atoms with Crippen molar-refractivity contribution in [2.75, 3.05) is 10.6 Å². The van der Waals surface area contributed by atoms with Crippen molar-refractivity contribution in [2.24, 2.45) is 0 Å². The normalized spacial score (nSPS) is 11.5. The first-order valence-electron chi connectivity index (χ1n) is 10.6. The van der Waals surface area contributed by atoms with E-state index in [-0.39, 0.29) is 22.8 Å². The van der Waals surface area contributed by atoms with E-state index in [4.69, 9.17) is 0 Å². The summed E-state index contributed by atoms with van der Waals surface area (Å²) in [6, 6.07) is 9.46. The third-order valence-electron chi connectivity index (χ3n) is 5.30. The molecule has 0 radical (unpaired) electrons. The van der Waals surface area contributed by atoms with Gasteiger partial charge in [-0.15, -0.1) is 0 Å². The first-order valence-corrected chi connectivity index (χ1v) is 10.6. The quantitative estimate of drug-likeness (QED) is 0.261. The molecule has 0 aliphatic rings. The molecule has 3 N–H and O–H groups in total. The molecule has 0 bridgehead atoms. The van der Waals surface area contributed by atoms with Crippen molar-refractivity contribution < 1.29 is 26.7 Å². The Hall–Kier alpha value is -4.94. The highest BCUT2D eigenvalue weighted by molar-refractivity contribution is 6.05. The van der Waals surface area contributed by atoms with Crippen molar-refractivity contribution in [1.82, 2.24) is 24.9 Å². The Bertz CT molecular complexity index is 1630. The van der Waals surface area contributed by atoms with E-state index in [0.29, 0.717) is 17.2 Å². The van der Waals surface area contributed by atoms with Crippen LogP contribution in [0.25, 0.3) is 22.4 Å². The lowest BCUT2D eigenvalue weighted by Gasteiger charge is -2.16. The lowest BCUT2D eigenvalue weighted by molar-refractivity contribution is -0.139. The van der Waals surface area contributed by atoms with E-state index in [1.165, 1.54) is 37.1 Å². The summed E-state index contributed by atoms with van der Waals surface area (Å²) in [5.74, 6) is -3.57. The molecular formula is C24H14F5N7O. The van der Waals surface area contributed by atoms with Crippen LogP contribution in [0.2, 0.25) is 0 Å². The number of H-pyrrole nitrogens is 1. The Morgan fingerprint density at radius 3 is 2.51 bits per heavy atom.